The maximum atomic E-state index is 12.9. The first-order valence-electron chi connectivity index (χ1n) is 10.8. The molecule has 0 bridgehead atoms. The van der Waals surface area contributed by atoms with Gasteiger partial charge in [0.05, 0.1) is 10.9 Å². The van der Waals surface area contributed by atoms with E-state index in [4.69, 9.17) is 0 Å². The lowest BCUT2D eigenvalue weighted by atomic mass is 10.2. The molecule has 0 spiro atoms. The number of benzene rings is 1. The number of aromatic amines is 1. The molecule has 2 aromatic heterocycles. The van der Waals surface area contributed by atoms with E-state index in [1.54, 1.807) is 30.6 Å². The monoisotopic (exact) mass is 437 g/mol. The molecule has 4 rings (SSSR count). The summed E-state index contributed by atoms with van der Waals surface area (Å²) in [5.41, 5.74) is 0.241. The van der Waals surface area contributed by atoms with Crippen LogP contribution < -0.4 is 21.5 Å². The van der Waals surface area contributed by atoms with E-state index >= 15 is 0 Å². The second kappa shape index (κ2) is 9.73. The molecule has 10 nitrogen and oxygen atoms in total. The van der Waals surface area contributed by atoms with Crippen LogP contribution in [0.2, 0.25) is 0 Å². The van der Waals surface area contributed by atoms with E-state index in [9.17, 15) is 14.4 Å². The Morgan fingerprint density at radius 2 is 1.78 bits per heavy atom. The summed E-state index contributed by atoms with van der Waals surface area (Å²) in [6.07, 6.45) is 5.12. The molecule has 1 aliphatic heterocycles. The summed E-state index contributed by atoms with van der Waals surface area (Å²) in [6.45, 7) is 6.30. The number of carbonyl (C=O) groups is 1. The minimum Gasteiger partial charge on any atom is -0.338 e. The summed E-state index contributed by atoms with van der Waals surface area (Å²) in [5, 5.41) is 3.05. The van der Waals surface area contributed by atoms with Crippen LogP contribution in [-0.2, 0) is 11.3 Å². The SMILES string of the molecule is CC(=O)Nc1ccc2[nH]c(=O)n(CCCCN3CCN(c4ncccn4)CC3)c(=O)c2c1. The minimum absolute atomic E-state index is 0.216. The number of aromatic nitrogens is 4. The number of nitrogens with one attached hydrogen (secondary N) is 2. The summed E-state index contributed by atoms with van der Waals surface area (Å²) in [6, 6.07) is 6.70. The van der Waals surface area contributed by atoms with Crippen LogP contribution in [0.15, 0.2) is 46.2 Å². The number of rotatable bonds is 7. The third-order valence-corrected chi connectivity index (χ3v) is 5.62. The third-order valence-electron chi connectivity index (χ3n) is 5.62. The summed E-state index contributed by atoms with van der Waals surface area (Å²) < 4.78 is 1.24. The lowest BCUT2D eigenvalue weighted by molar-refractivity contribution is -0.114. The fourth-order valence-corrected chi connectivity index (χ4v) is 3.97. The number of unbranched alkanes of at least 4 members (excludes halogenated alkanes) is 1. The normalized spacial score (nSPS) is 14.6. The van der Waals surface area contributed by atoms with Gasteiger partial charge in [0.1, 0.15) is 0 Å². The standard InChI is InChI=1S/C22H27N7O3/c1-16(30)25-17-5-6-19-18(15-17)20(31)29(22(32)26-19)10-3-2-9-27-11-13-28(14-12-27)21-23-7-4-8-24-21/h4-8,15H,2-3,9-14H2,1H3,(H,25,30)(H,26,32). The number of fused-ring (bicyclic) bond motifs is 1. The van der Waals surface area contributed by atoms with Gasteiger partial charge in [-0.05, 0) is 43.7 Å². The zero-order valence-corrected chi connectivity index (χ0v) is 18.1. The van der Waals surface area contributed by atoms with Gasteiger partial charge >= 0.3 is 5.69 Å². The van der Waals surface area contributed by atoms with Crippen molar-refractivity contribution in [2.24, 2.45) is 0 Å². The van der Waals surface area contributed by atoms with Gasteiger partial charge in [-0.2, -0.15) is 0 Å². The highest BCUT2D eigenvalue weighted by molar-refractivity contribution is 5.91. The van der Waals surface area contributed by atoms with E-state index in [0.29, 0.717) is 23.1 Å². The van der Waals surface area contributed by atoms with Crippen LogP contribution in [-0.4, -0.2) is 63.0 Å². The van der Waals surface area contributed by atoms with Crippen LogP contribution in [0.4, 0.5) is 11.6 Å². The van der Waals surface area contributed by atoms with Gasteiger partial charge in [0.15, 0.2) is 0 Å². The Hall–Kier alpha value is -3.53. The molecule has 0 atom stereocenters. The number of hydrogen-bond acceptors (Lipinski definition) is 7. The molecule has 0 aliphatic carbocycles. The molecule has 1 fully saturated rings. The summed E-state index contributed by atoms with van der Waals surface area (Å²) in [4.78, 5) is 52.5. The molecule has 1 amide bonds. The zero-order chi connectivity index (χ0) is 22.5. The highest BCUT2D eigenvalue weighted by Gasteiger charge is 2.18. The van der Waals surface area contributed by atoms with Crippen LogP contribution in [0, 0.1) is 0 Å². The largest absolute Gasteiger partial charge is 0.338 e. The lowest BCUT2D eigenvalue weighted by Crippen LogP contribution is -2.47. The Bertz CT molecular complexity index is 1200. The maximum Gasteiger partial charge on any atom is 0.328 e. The highest BCUT2D eigenvalue weighted by atomic mass is 16.2. The number of carbonyl (C=O) groups excluding carboxylic acids is 1. The number of hydrogen-bond donors (Lipinski definition) is 2. The second-order valence-electron chi connectivity index (χ2n) is 7.91. The molecule has 2 N–H and O–H groups in total. The van der Waals surface area contributed by atoms with Crippen molar-refractivity contribution in [3.8, 4) is 0 Å². The molecule has 3 aromatic rings. The quantitative estimate of drug-likeness (QED) is 0.531. The Morgan fingerprint density at radius 1 is 1.06 bits per heavy atom. The van der Waals surface area contributed by atoms with Gasteiger partial charge in [-0.15, -0.1) is 0 Å². The van der Waals surface area contributed by atoms with Crippen LogP contribution in [0.5, 0.6) is 0 Å². The van der Waals surface area contributed by atoms with E-state index in [1.807, 2.05) is 6.07 Å². The smallest absolute Gasteiger partial charge is 0.328 e. The van der Waals surface area contributed by atoms with Gasteiger partial charge in [0, 0.05) is 57.7 Å². The van der Waals surface area contributed by atoms with Crippen molar-refractivity contribution in [2.45, 2.75) is 26.3 Å². The molecular formula is C22H27N7O3. The van der Waals surface area contributed by atoms with Crippen molar-refractivity contribution in [3.05, 3.63) is 57.5 Å². The van der Waals surface area contributed by atoms with Gasteiger partial charge in [-0.25, -0.2) is 14.8 Å². The first kappa shape index (κ1) is 21.7. The number of amides is 1. The third kappa shape index (κ3) is 5.02. The fourth-order valence-electron chi connectivity index (χ4n) is 3.97. The van der Waals surface area contributed by atoms with E-state index in [1.165, 1.54) is 11.5 Å². The topological polar surface area (TPSA) is 116 Å². The number of nitrogens with zero attached hydrogens (tertiary/aromatic N) is 5. The van der Waals surface area contributed by atoms with Crippen LogP contribution >= 0.6 is 0 Å². The fraction of sp³-hybridized carbons (Fsp3) is 0.409. The average molecular weight is 438 g/mol. The molecule has 3 heterocycles. The van der Waals surface area contributed by atoms with Crippen molar-refractivity contribution < 1.29 is 4.79 Å². The first-order valence-corrected chi connectivity index (χ1v) is 10.8. The molecule has 0 saturated carbocycles. The van der Waals surface area contributed by atoms with Gasteiger partial charge in [0.25, 0.3) is 5.56 Å². The molecule has 0 unspecified atom stereocenters. The van der Waals surface area contributed by atoms with Crippen molar-refractivity contribution in [2.75, 3.05) is 42.9 Å². The Labute approximate surface area is 184 Å². The van der Waals surface area contributed by atoms with E-state index < -0.39 is 5.69 Å². The molecule has 10 heteroatoms. The van der Waals surface area contributed by atoms with E-state index in [2.05, 4.69) is 30.1 Å². The van der Waals surface area contributed by atoms with Gasteiger partial charge < -0.3 is 15.2 Å². The maximum absolute atomic E-state index is 12.9. The van der Waals surface area contributed by atoms with Gasteiger partial charge in [-0.1, -0.05) is 0 Å². The molecule has 0 radical (unpaired) electrons. The van der Waals surface area contributed by atoms with Crippen LogP contribution in [0.1, 0.15) is 19.8 Å². The number of H-pyrrole nitrogens is 1. The first-order chi connectivity index (χ1) is 15.5. The number of piperazine rings is 1. The Kier molecular flexibility index (Phi) is 6.60. The second-order valence-corrected chi connectivity index (χ2v) is 7.91. The molecule has 168 valence electrons. The van der Waals surface area contributed by atoms with E-state index in [0.717, 1.165) is 51.5 Å². The minimum atomic E-state index is -0.411. The van der Waals surface area contributed by atoms with Crippen LogP contribution in [0.3, 0.4) is 0 Å². The summed E-state index contributed by atoms with van der Waals surface area (Å²) in [5.74, 6) is 0.551. The van der Waals surface area contributed by atoms with E-state index in [-0.39, 0.29) is 11.5 Å². The Morgan fingerprint density at radius 3 is 2.50 bits per heavy atom. The van der Waals surface area contributed by atoms with Crippen LogP contribution in [0.25, 0.3) is 10.9 Å². The molecule has 1 saturated heterocycles. The summed E-state index contributed by atoms with van der Waals surface area (Å²) >= 11 is 0. The van der Waals surface area contributed by atoms with Crippen molar-refractivity contribution in [1.29, 1.82) is 0 Å². The lowest BCUT2D eigenvalue weighted by Gasteiger charge is -2.34. The Balaban J connectivity index is 1.32. The average Bonchev–Trinajstić information content (AvgIpc) is 2.79. The van der Waals surface area contributed by atoms with Gasteiger partial charge in [0.2, 0.25) is 11.9 Å². The predicted molar refractivity (Wildman–Crippen MR) is 123 cm³/mol. The molecular weight excluding hydrogens is 410 g/mol. The molecule has 1 aromatic carbocycles. The molecule has 32 heavy (non-hydrogen) atoms. The highest BCUT2D eigenvalue weighted by Crippen LogP contribution is 2.14. The number of anilines is 2. The summed E-state index contributed by atoms with van der Waals surface area (Å²) in [7, 11) is 0. The van der Waals surface area contributed by atoms with Gasteiger partial charge in [-0.3, -0.25) is 19.1 Å². The molecule has 1 aliphatic rings. The van der Waals surface area contributed by atoms with Crippen molar-refractivity contribution in [1.82, 2.24) is 24.4 Å². The van der Waals surface area contributed by atoms with Crippen molar-refractivity contribution >= 4 is 28.4 Å². The predicted octanol–water partition coefficient (Wildman–Crippen LogP) is 1.04. The zero-order valence-electron chi connectivity index (χ0n) is 18.1. The van der Waals surface area contributed by atoms with Crippen molar-refractivity contribution in [3.63, 3.8) is 0 Å².